The van der Waals surface area contributed by atoms with Gasteiger partial charge in [0.05, 0.1) is 0 Å². The van der Waals surface area contributed by atoms with Crippen molar-refractivity contribution in [3.63, 3.8) is 0 Å². The molecule has 3 rings (SSSR count). The number of rotatable bonds is 5. The van der Waals surface area contributed by atoms with Gasteiger partial charge in [-0.05, 0) is 30.3 Å². The lowest BCUT2D eigenvalue weighted by atomic mass is 10.0. The molecule has 138 valence electrons. The van der Waals surface area contributed by atoms with E-state index < -0.39 is 23.8 Å². The van der Waals surface area contributed by atoms with Gasteiger partial charge < -0.3 is 10.3 Å². The molecule has 0 radical (unpaired) electrons. The van der Waals surface area contributed by atoms with Gasteiger partial charge in [0, 0.05) is 33.8 Å². The summed E-state index contributed by atoms with van der Waals surface area (Å²) in [6, 6.07) is 11.5. The van der Waals surface area contributed by atoms with Crippen molar-refractivity contribution < 1.29 is 24.8 Å². The molecule has 6 N–H and O–H groups in total. The van der Waals surface area contributed by atoms with Crippen LogP contribution in [0.5, 0.6) is 0 Å². The maximum Gasteiger partial charge on any atom is 0.274 e. The third kappa shape index (κ3) is 3.64. The molecule has 0 bridgehead atoms. The van der Waals surface area contributed by atoms with Gasteiger partial charge in [-0.3, -0.25) is 24.8 Å². The van der Waals surface area contributed by atoms with Gasteiger partial charge in [-0.15, -0.1) is 0 Å². The first kappa shape index (κ1) is 18.1. The summed E-state index contributed by atoms with van der Waals surface area (Å²) < 4.78 is 0. The number of nitrogens with one attached hydrogen (secondary N) is 4. The largest absolute Gasteiger partial charge is 0.361 e. The Kier molecular flexibility index (Phi) is 5.15. The number of aromatic amines is 1. The number of amides is 3. The molecule has 0 fully saturated rings. The van der Waals surface area contributed by atoms with Gasteiger partial charge in [-0.2, -0.15) is 0 Å². The van der Waals surface area contributed by atoms with Crippen LogP contribution in [0.25, 0.3) is 10.9 Å². The standard InChI is InChI=1S/C18H16N4O5/c23-16(10-5-7-11(8-6-10)17(24)21-26)20-15(18(25)22-27)13-9-19-14-4-2-1-3-12(13)14/h1-9,15,19,26-27H,(H,20,23)(H,21,24)(H,22,25)/t15-/m0/s1. The number of H-pyrrole nitrogens is 1. The Balaban J connectivity index is 1.88. The van der Waals surface area contributed by atoms with E-state index in [-0.39, 0.29) is 11.1 Å². The average molecular weight is 368 g/mol. The minimum atomic E-state index is -1.14. The summed E-state index contributed by atoms with van der Waals surface area (Å²) in [7, 11) is 0. The molecule has 9 nitrogen and oxygen atoms in total. The van der Waals surface area contributed by atoms with Crippen molar-refractivity contribution in [3.8, 4) is 0 Å². The molecular weight excluding hydrogens is 352 g/mol. The number of aromatic nitrogens is 1. The van der Waals surface area contributed by atoms with Crippen LogP contribution in [0.2, 0.25) is 0 Å². The summed E-state index contributed by atoms with van der Waals surface area (Å²) in [6.45, 7) is 0. The Bertz CT molecular complexity index is 996. The fourth-order valence-corrected chi connectivity index (χ4v) is 2.73. The number of hydroxylamine groups is 2. The third-order valence-corrected chi connectivity index (χ3v) is 4.09. The minimum Gasteiger partial charge on any atom is -0.361 e. The van der Waals surface area contributed by atoms with Crippen molar-refractivity contribution in [3.05, 3.63) is 71.4 Å². The molecular formula is C18H16N4O5. The first-order valence-electron chi connectivity index (χ1n) is 7.90. The second-order valence-electron chi connectivity index (χ2n) is 5.69. The molecule has 1 heterocycles. The Morgan fingerprint density at radius 1 is 0.852 bits per heavy atom. The molecule has 0 saturated heterocycles. The van der Waals surface area contributed by atoms with Crippen molar-refractivity contribution in [2.24, 2.45) is 0 Å². The summed E-state index contributed by atoms with van der Waals surface area (Å²) in [4.78, 5) is 39.0. The average Bonchev–Trinajstić information content (AvgIpc) is 3.14. The molecule has 0 aliphatic heterocycles. The van der Waals surface area contributed by atoms with Crippen LogP contribution in [-0.4, -0.2) is 33.1 Å². The summed E-state index contributed by atoms with van der Waals surface area (Å²) in [5.74, 6) is -2.09. The Hall–Kier alpha value is -3.69. The van der Waals surface area contributed by atoms with E-state index in [2.05, 4.69) is 10.3 Å². The van der Waals surface area contributed by atoms with E-state index in [1.807, 2.05) is 12.1 Å². The fraction of sp³-hybridized carbons (Fsp3) is 0.0556. The highest BCUT2D eigenvalue weighted by atomic mass is 16.5. The zero-order valence-electron chi connectivity index (χ0n) is 13.9. The first-order chi connectivity index (χ1) is 13.0. The van der Waals surface area contributed by atoms with Crippen molar-refractivity contribution in [1.82, 2.24) is 21.3 Å². The highest BCUT2D eigenvalue weighted by Crippen LogP contribution is 2.24. The van der Waals surface area contributed by atoms with Crippen LogP contribution in [0, 0.1) is 0 Å². The van der Waals surface area contributed by atoms with Gasteiger partial charge in [-0.25, -0.2) is 11.0 Å². The maximum absolute atomic E-state index is 12.5. The predicted octanol–water partition coefficient (Wildman–Crippen LogP) is 1.26. The molecule has 2 aromatic carbocycles. The molecule has 0 aliphatic rings. The Morgan fingerprint density at radius 3 is 2.11 bits per heavy atom. The zero-order valence-corrected chi connectivity index (χ0v) is 13.9. The van der Waals surface area contributed by atoms with Crippen molar-refractivity contribution in [2.45, 2.75) is 6.04 Å². The lowest BCUT2D eigenvalue weighted by Gasteiger charge is -2.16. The molecule has 1 atom stereocenters. The number of benzene rings is 2. The molecule has 3 aromatic rings. The van der Waals surface area contributed by atoms with E-state index in [0.29, 0.717) is 5.56 Å². The Morgan fingerprint density at radius 2 is 1.48 bits per heavy atom. The van der Waals surface area contributed by atoms with Crippen molar-refractivity contribution in [2.75, 3.05) is 0 Å². The number of carbonyl (C=O) groups is 3. The normalized spacial score (nSPS) is 11.6. The van der Waals surface area contributed by atoms with Crippen LogP contribution >= 0.6 is 0 Å². The summed E-state index contributed by atoms with van der Waals surface area (Å²) in [5, 5.41) is 21.0. The second kappa shape index (κ2) is 7.68. The van der Waals surface area contributed by atoms with E-state index in [1.165, 1.54) is 29.7 Å². The SMILES string of the molecule is O=C(NO)c1ccc(C(=O)N[C@H](C(=O)NO)c2c[nH]c3ccccc23)cc1. The van der Waals surface area contributed by atoms with E-state index in [0.717, 1.165) is 10.9 Å². The molecule has 0 aliphatic carbocycles. The number of carbonyl (C=O) groups excluding carboxylic acids is 3. The summed E-state index contributed by atoms with van der Waals surface area (Å²) in [6.07, 6.45) is 1.58. The van der Waals surface area contributed by atoms with Crippen LogP contribution < -0.4 is 16.3 Å². The Labute approximate surface area is 152 Å². The summed E-state index contributed by atoms with van der Waals surface area (Å²) >= 11 is 0. The lowest BCUT2D eigenvalue weighted by molar-refractivity contribution is -0.131. The van der Waals surface area contributed by atoms with Gasteiger partial charge in [0.25, 0.3) is 17.7 Å². The number of para-hydroxylation sites is 1. The third-order valence-electron chi connectivity index (χ3n) is 4.09. The molecule has 0 unspecified atom stereocenters. The van der Waals surface area contributed by atoms with Gasteiger partial charge in [0.15, 0.2) is 0 Å². The lowest BCUT2D eigenvalue weighted by Crippen LogP contribution is -2.39. The van der Waals surface area contributed by atoms with Crippen molar-refractivity contribution >= 4 is 28.6 Å². The molecule has 0 saturated carbocycles. The minimum absolute atomic E-state index is 0.162. The maximum atomic E-state index is 12.5. The first-order valence-corrected chi connectivity index (χ1v) is 7.90. The highest BCUT2D eigenvalue weighted by molar-refractivity contribution is 6.00. The van der Waals surface area contributed by atoms with Gasteiger partial charge in [0.1, 0.15) is 6.04 Å². The van der Waals surface area contributed by atoms with Crippen LogP contribution in [0.15, 0.2) is 54.7 Å². The van der Waals surface area contributed by atoms with Gasteiger partial charge in [0.2, 0.25) is 0 Å². The molecule has 27 heavy (non-hydrogen) atoms. The topological polar surface area (TPSA) is 144 Å². The number of hydrogen-bond donors (Lipinski definition) is 6. The number of fused-ring (bicyclic) bond motifs is 1. The van der Waals surface area contributed by atoms with Gasteiger partial charge in [-0.1, -0.05) is 18.2 Å². The zero-order chi connectivity index (χ0) is 19.4. The fourth-order valence-electron chi connectivity index (χ4n) is 2.73. The van der Waals surface area contributed by atoms with Crippen LogP contribution in [-0.2, 0) is 4.79 Å². The van der Waals surface area contributed by atoms with Gasteiger partial charge >= 0.3 is 0 Å². The van der Waals surface area contributed by atoms with E-state index in [1.54, 1.807) is 23.8 Å². The van der Waals surface area contributed by atoms with E-state index >= 15 is 0 Å². The smallest absolute Gasteiger partial charge is 0.274 e. The van der Waals surface area contributed by atoms with Crippen LogP contribution in [0.4, 0.5) is 0 Å². The molecule has 0 spiro atoms. The van der Waals surface area contributed by atoms with E-state index in [9.17, 15) is 14.4 Å². The molecule has 9 heteroatoms. The quantitative estimate of drug-likeness (QED) is 0.297. The second-order valence-corrected chi connectivity index (χ2v) is 5.69. The van der Waals surface area contributed by atoms with Crippen LogP contribution in [0.1, 0.15) is 32.3 Å². The molecule has 3 amide bonds. The van der Waals surface area contributed by atoms with E-state index in [4.69, 9.17) is 10.4 Å². The number of hydrogen-bond acceptors (Lipinski definition) is 5. The van der Waals surface area contributed by atoms with Crippen LogP contribution in [0.3, 0.4) is 0 Å². The highest BCUT2D eigenvalue weighted by Gasteiger charge is 2.25. The molecule has 1 aromatic heterocycles. The summed E-state index contributed by atoms with van der Waals surface area (Å²) in [5.41, 5.74) is 4.67. The monoisotopic (exact) mass is 368 g/mol. The van der Waals surface area contributed by atoms with Crippen molar-refractivity contribution in [1.29, 1.82) is 0 Å². The predicted molar refractivity (Wildman–Crippen MR) is 94.1 cm³/mol.